The Labute approximate surface area is 105 Å². The summed E-state index contributed by atoms with van der Waals surface area (Å²) >= 11 is 0. The Balaban J connectivity index is 2.61. The molecule has 5 heteroatoms. The topological polar surface area (TPSA) is 60.1 Å². The van der Waals surface area contributed by atoms with Crippen LogP contribution in [0.25, 0.3) is 11.3 Å². The van der Waals surface area contributed by atoms with Gasteiger partial charge in [-0.15, -0.1) is 0 Å². The van der Waals surface area contributed by atoms with Gasteiger partial charge in [-0.2, -0.15) is 10.4 Å². The first-order valence-corrected chi connectivity index (χ1v) is 5.36. The van der Waals surface area contributed by atoms with Gasteiger partial charge in [0.25, 0.3) is 0 Å². The number of benzene rings is 1. The highest BCUT2D eigenvalue weighted by atomic mass is 16.5. The molecule has 0 aliphatic rings. The second kappa shape index (κ2) is 4.80. The molecule has 92 valence electrons. The van der Waals surface area contributed by atoms with E-state index in [2.05, 4.69) is 5.10 Å². The van der Waals surface area contributed by atoms with Gasteiger partial charge in [-0.3, -0.25) is 4.68 Å². The van der Waals surface area contributed by atoms with E-state index in [1.165, 1.54) is 0 Å². The fourth-order valence-electron chi connectivity index (χ4n) is 1.79. The van der Waals surface area contributed by atoms with Crippen molar-refractivity contribution in [2.45, 2.75) is 0 Å². The van der Waals surface area contributed by atoms with Crippen molar-refractivity contribution >= 4 is 0 Å². The molecule has 0 saturated carbocycles. The number of nitriles is 1. The van der Waals surface area contributed by atoms with Crippen LogP contribution in [0.15, 0.2) is 24.3 Å². The highest BCUT2D eigenvalue weighted by molar-refractivity contribution is 5.70. The Kier molecular flexibility index (Phi) is 3.20. The molecule has 0 aliphatic heterocycles. The van der Waals surface area contributed by atoms with Crippen LogP contribution < -0.4 is 9.47 Å². The number of aromatic nitrogens is 2. The Hall–Kier alpha value is -2.48. The number of rotatable bonds is 3. The first-order chi connectivity index (χ1) is 8.69. The minimum absolute atomic E-state index is 0.373. The van der Waals surface area contributed by atoms with Crippen LogP contribution in [0, 0.1) is 11.3 Å². The molecule has 2 aromatic rings. The summed E-state index contributed by atoms with van der Waals surface area (Å²) in [6.07, 6.45) is 0. The van der Waals surface area contributed by atoms with Crippen LogP contribution in [0.1, 0.15) is 5.69 Å². The number of aryl methyl sites for hydroxylation is 1. The zero-order valence-corrected chi connectivity index (χ0v) is 10.5. The molecule has 0 unspecified atom stereocenters. The number of hydrogen-bond acceptors (Lipinski definition) is 4. The highest BCUT2D eigenvalue weighted by Crippen LogP contribution is 2.33. The van der Waals surface area contributed by atoms with Gasteiger partial charge in [0.2, 0.25) is 0 Å². The quantitative estimate of drug-likeness (QED) is 0.827. The van der Waals surface area contributed by atoms with Crippen LogP contribution in [0.4, 0.5) is 0 Å². The maximum atomic E-state index is 8.87. The van der Waals surface area contributed by atoms with Crippen LogP contribution in [-0.2, 0) is 7.05 Å². The van der Waals surface area contributed by atoms with Crippen molar-refractivity contribution in [2.24, 2.45) is 7.05 Å². The van der Waals surface area contributed by atoms with Crippen molar-refractivity contribution in [3.8, 4) is 28.8 Å². The van der Waals surface area contributed by atoms with E-state index in [1.807, 2.05) is 24.3 Å². The smallest absolute Gasteiger partial charge is 0.163 e. The maximum absolute atomic E-state index is 8.87. The molecular weight excluding hydrogens is 230 g/mol. The summed E-state index contributed by atoms with van der Waals surface area (Å²) < 4.78 is 12.2. The third-order valence-electron chi connectivity index (χ3n) is 2.68. The molecule has 0 atom stereocenters. The first-order valence-electron chi connectivity index (χ1n) is 5.36. The van der Waals surface area contributed by atoms with E-state index in [4.69, 9.17) is 14.7 Å². The van der Waals surface area contributed by atoms with Crippen LogP contribution >= 0.6 is 0 Å². The van der Waals surface area contributed by atoms with Gasteiger partial charge in [-0.1, -0.05) is 0 Å². The van der Waals surface area contributed by atoms with Crippen molar-refractivity contribution in [1.82, 2.24) is 9.78 Å². The molecule has 1 aromatic carbocycles. The number of nitrogens with zero attached hydrogens (tertiary/aromatic N) is 3. The summed E-state index contributed by atoms with van der Waals surface area (Å²) in [5.41, 5.74) is 2.02. The van der Waals surface area contributed by atoms with Crippen molar-refractivity contribution in [3.63, 3.8) is 0 Å². The number of ether oxygens (including phenoxy) is 2. The predicted molar refractivity (Wildman–Crippen MR) is 66.5 cm³/mol. The van der Waals surface area contributed by atoms with E-state index in [-0.39, 0.29) is 0 Å². The zero-order valence-electron chi connectivity index (χ0n) is 10.5. The van der Waals surface area contributed by atoms with Crippen molar-refractivity contribution in [3.05, 3.63) is 30.0 Å². The van der Waals surface area contributed by atoms with Crippen LogP contribution in [0.3, 0.4) is 0 Å². The van der Waals surface area contributed by atoms with Crippen LogP contribution in [0.5, 0.6) is 11.5 Å². The average molecular weight is 243 g/mol. The Morgan fingerprint density at radius 1 is 1.22 bits per heavy atom. The first kappa shape index (κ1) is 12.0. The van der Waals surface area contributed by atoms with Gasteiger partial charge in [0.1, 0.15) is 17.6 Å². The van der Waals surface area contributed by atoms with E-state index in [0.717, 1.165) is 17.0 Å². The lowest BCUT2D eigenvalue weighted by Gasteiger charge is -2.10. The van der Waals surface area contributed by atoms with Gasteiger partial charge in [0, 0.05) is 18.7 Å². The Morgan fingerprint density at radius 3 is 2.56 bits per heavy atom. The van der Waals surface area contributed by atoms with Crippen molar-refractivity contribution in [2.75, 3.05) is 14.2 Å². The van der Waals surface area contributed by atoms with Gasteiger partial charge in [-0.25, -0.2) is 0 Å². The van der Waals surface area contributed by atoms with E-state index >= 15 is 0 Å². The Morgan fingerprint density at radius 2 is 2.00 bits per heavy atom. The largest absolute Gasteiger partial charge is 0.497 e. The van der Waals surface area contributed by atoms with E-state index in [1.54, 1.807) is 32.0 Å². The van der Waals surface area contributed by atoms with Gasteiger partial charge >= 0.3 is 0 Å². The molecule has 0 N–H and O–H groups in total. The lowest BCUT2D eigenvalue weighted by molar-refractivity contribution is 0.404. The van der Waals surface area contributed by atoms with Gasteiger partial charge in [-0.05, 0) is 18.2 Å². The van der Waals surface area contributed by atoms with E-state index in [9.17, 15) is 0 Å². The molecule has 1 aromatic heterocycles. The average Bonchev–Trinajstić information content (AvgIpc) is 2.79. The lowest BCUT2D eigenvalue weighted by Crippen LogP contribution is -1.96. The predicted octanol–water partition coefficient (Wildman–Crippen LogP) is 1.98. The van der Waals surface area contributed by atoms with E-state index in [0.29, 0.717) is 11.4 Å². The second-order valence-electron chi connectivity index (χ2n) is 3.72. The third-order valence-corrected chi connectivity index (χ3v) is 2.68. The molecule has 5 nitrogen and oxygen atoms in total. The molecule has 1 heterocycles. The molecule has 0 aliphatic carbocycles. The van der Waals surface area contributed by atoms with Crippen molar-refractivity contribution < 1.29 is 9.47 Å². The SMILES string of the molecule is COc1ccc(OC)c(-c2cc(C#N)nn2C)c1. The summed E-state index contributed by atoms with van der Waals surface area (Å²) in [7, 11) is 5.00. The van der Waals surface area contributed by atoms with Crippen LogP contribution in [0.2, 0.25) is 0 Å². The standard InChI is InChI=1S/C13H13N3O2/c1-16-12(6-9(8-14)15-16)11-7-10(17-2)4-5-13(11)18-3/h4-7H,1-3H3. The molecule has 0 fully saturated rings. The van der Waals surface area contributed by atoms with Gasteiger partial charge in [0.15, 0.2) is 5.69 Å². The molecule has 0 spiro atoms. The lowest BCUT2D eigenvalue weighted by atomic mass is 10.1. The summed E-state index contributed by atoms with van der Waals surface area (Å²) in [5, 5.41) is 13.0. The highest BCUT2D eigenvalue weighted by Gasteiger charge is 2.13. The molecule has 2 rings (SSSR count). The number of methoxy groups -OCH3 is 2. The Bertz CT molecular complexity index is 611. The molecular formula is C13H13N3O2. The van der Waals surface area contributed by atoms with Crippen LogP contribution in [-0.4, -0.2) is 24.0 Å². The summed E-state index contributed by atoms with van der Waals surface area (Å²) in [5.74, 6) is 1.44. The summed E-state index contributed by atoms with van der Waals surface area (Å²) in [6, 6.07) is 9.25. The molecule has 0 radical (unpaired) electrons. The fourth-order valence-corrected chi connectivity index (χ4v) is 1.79. The molecule has 0 saturated heterocycles. The maximum Gasteiger partial charge on any atom is 0.163 e. The molecule has 0 amide bonds. The monoisotopic (exact) mass is 243 g/mol. The van der Waals surface area contributed by atoms with Gasteiger partial charge < -0.3 is 9.47 Å². The van der Waals surface area contributed by atoms with Crippen molar-refractivity contribution in [1.29, 1.82) is 5.26 Å². The third kappa shape index (κ3) is 2.00. The van der Waals surface area contributed by atoms with Gasteiger partial charge in [0.05, 0.1) is 19.9 Å². The second-order valence-corrected chi connectivity index (χ2v) is 3.72. The molecule has 0 bridgehead atoms. The van der Waals surface area contributed by atoms with E-state index < -0.39 is 0 Å². The summed E-state index contributed by atoms with van der Waals surface area (Å²) in [4.78, 5) is 0. The number of hydrogen-bond donors (Lipinski definition) is 0. The minimum atomic E-state index is 0.373. The normalized spacial score (nSPS) is 9.89. The molecule has 18 heavy (non-hydrogen) atoms. The zero-order chi connectivity index (χ0) is 13.1. The summed E-state index contributed by atoms with van der Waals surface area (Å²) in [6.45, 7) is 0. The fraction of sp³-hybridized carbons (Fsp3) is 0.231. The minimum Gasteiger partial charge on any atom is -0.497 e.